The van der Waals surface area contributed by atoms with Crippen LogP contribution in [0.15, 0.2) is 0 Å². The van der Waals surface area contributed by atoms with E-state index in [1.165, 1.54) is 0 Å². The number of hydrogen-bond donors (Lipinski definition) is 1. The Labute approximate surface area is 97.1 Å². The van der Waals surface area contributed by atoms with Gasteiger partial charge in [0.1, 0.15) is 12.2 Å². The fourth-order valence-electron chi connectivity index (χ4n) is 1.96. The van der Waals surface area contributed by atoms with Gasteiger partial charge >= 0.3 is 0 Å². The van der Waals surface area contributed by atoms with Gasteiger partial charge in [-0.3, -0.25) is 4.79 Å². The van der Waals surface area contributed by atoms with Crippen LogP contribution in [0.2, 0.25) is 0 Å². The van der Waals surface area contributed by atoms with Crippen molar-refractivity contribution in [3.05, 3.63) is 0 Å². The van der Waals surface area contributed by atoms with E-state index < -0.39 is 0 Å². The molecule has 0 bridgehead atoms. The molecule has 16 heavy (non-hydrogen) atoms. The maximum Gasteiger partial charge on any atom is 0.236 e. The van der Waals surface area contributed by atoms with Gasteiger partial charge in [0, 0.05) is 26.3 Å². The molecule has 5 nitrogen and oxygen atoms in total. The summed E-state index contributed by atoms with van der Waals surface area (Å²) in [7, 11) is 1.77. The zero-order chi connectivity index (χ0) is 12.0. The highest BCUT2D eigenvalue weighted by Crippen LogP contribution is 2.16. The van der Waals surface area contributed by atoms with E-state index >= 15 is 0 Å². The average Bonchev–Trinajstić information content (AvgIpc) is 2.64. The van der Waals surface area contributed by atoms with Crippen LogP contribution in [-0.2, 0) is 14.3 Å². The summed E-state index contributed by atoms with van der Waals surface area (Å²) < 4.78 is 11.2. The highest BCUT2D eigenvalue weighted by molar-refractivity contribution is 5.78. The molecule has 1 N–H and O–H groups in total. The van der Waals surface area contributed by atoms with Crippen molar-refractivity contribution in [2.45, 2.75) is 26.1 Å². The highest BCUT2D eigenvalue weighted by Gasteiger charge is 2.35. The minimum absolute atomic E-state index is 0.0192. The van der Waals surface area contributed by atoms with Gasteiger partial charge in [-0.1, -0.05) is 0 Å². The molecular formula is C11H22N2O3. The zero-order valence-electron chi connectivity index (χ0n) is 10.4. The van der Waals surface area contributed by atoms with Gasteiger partial charge in [-0.05, 0) is 20.9 Å². The second-order valence-corrected chi connectivity index (χ2v) is 3.82. The molecule has 1 saturated heterocycles. The molecule has 94 valence electrons. The normalized spacial score (nSPS) is 25.1. The third-order valence-electron chi connectivity index (χ3n) is 2.66. The number of hydrogen-bond acceptors (Lipinski definition) is 4. The van der Waals surface area contributed by atoms with Crippen LogP contribution >= 0.6 is 0 Å². The van der Waals surface area contributed by atoms with Crippen molar-refractivity contribution in [2.75, 3.05) is 39.9 Å². The maximum absolute atomic E-state index is 11.7. The Morgan fingerprint density at radius 2 is 1.75 bits per heavy atom. The second kappa shape index (κ2) is 6.83. The van der Waals surface area contributed by atoms with E-state index in [-0.39, 0.29) is 18.1 Å². The monoisotopic (exact) mass is 230 g/mol. The summed E-state index contributed by atoms with van der Waals surface area (Å²) in [6, 6.07) is 0. The molecule has 0 unspecified atom stereocenters. The fourth-order valence-corrected chi connectivity index (χ4v) is 1.96. The standard InChI is InChI=1S/C11H22N2O3/c1-4-15-9-7-13(11(14)6-12-3)8-10(9)16-5-2/h9-10,12H,4-8H2,1-3H3/t9-,10-/m0/s1. The third-order valence-corrected chi connectivity index (χ3v) is 2.66. The van der Waals surface area contributed by atoms with E-state index in [4.69, 9.17) is 9.47 Å². The first-order chi connectivity index (χ1) is 7.72. The molecule has 0 aromatic rings. The first kappa shape index (κ1) is 13.4. The van der Waals surface area contributed by atoms with Gasteiger partial charge in [0.2, 0.25) is 5.91 Å². The Morgan fingerprint density at radius 1 is 1.25 bits per heavy atom. The molecule has 1 aliphatic rings. The molecule has 0 aromatic carbocycles. The number of rotatable bonds is 6. The van der Waals surface area contributed by atoms with E-state index in [0.717, 1.165) is 0 Å². The molecule has 0 aromatic heterocycles. The van der Waals surface area contributed by atoms with Crippen LogP contribution in [0.5, 0.6) is 0 Å². The second-order valence-electron chi connectivity index (χ2n) is 3.82. The van der Waals surface area contributed by atoms with E-state index in [9.17, 15) is 4.79 Å². The van der Waals surface area contributed by atoms with Crippen molar-refractivity contribution < 1.29 is 14.3 Å². The molecule has 1 rings (SSSR count). The van der Waals surface area contributed by atoms with Gasteiger partial charge in [-0.25, -0.2) is 0 Å². The number of nitrogens with zero attached hydrogens (tertiary/aromatic N) is 1. The fraction of sp³-hybridized carbons (Fsp3) is 0.909. The summed E-state index contributed by atoms with van der Waals surface area (Å²) in [6.45, 7) is 6.88. The van der Waals surface area contributed by atoms with Gasteiger partial charge in [-0.2, -0.15) is 0 Å². The molecule has 1 fully saturated rings. The lowest BCUT2D eigenvalue weighted by Crippen LogP contribution is -2.36. The summed E-state index contributed by atoms with van der Waals surface area (Å²) in [5, 5.41) is 2.87. The Morgan fingerprint density at radius 3 is 2.12 bits per heavy atom. The molecule has 0 aliphatic carbocycles. The first-order valence-electron chi connectivity index (χ1n) is 5.88. The summed E-state index contributed by atoms with van der Waals surface area (Å²) in [6.07, 6.45) is 0.0384. The van der Waals surface area contributed by atoms with Gasteiger partial charge in [-0.15, -0.1) is 0 Å². The van der Waals surface area contributed by atoms with Crippen molar-refractivity contribution >= 4 is 5.91 Å². The summed E-state index contributed by atoms with van der Waals surface area (Å²) in [5.41, 5.74) is 0. The third kappa shape index (κ3) is 3.43. The van der Waals surface area contributed by atoms with Crippen LogP contribution < -0.4 is 5.32 Å². The molecule has 1 amide bonds. The van der Waals surface area contributed by atoms with Crippen LogP contribution in [0.1, 0.15) is 13.8 Å². The van der Waals surface area contributed by atoms with E-state index in [2.05, 4.69) is 5.32 Å². The minimum atomic E-state index is 0.0192. The molecule has 1 heterocycles. The maximum atomic E-state index is 11.7. The topological polar surface area (TPSA) is 50.8 Å². The molecule has 1 aliphatic heterocycles. The Hall–Kier alpha value is -0.650. The molecule has 0 spiro atoms. The van der Waals surface area contributed by atoms with Gasteiger partial charge < -0.3 is 19.7 Å². The van der Waals surface area contributed by atoms with E-state index in [1.807, 2.05) is 13.8 Å². The van der Waals surface area contributed by atoms with E-state index in [0.29, 0.717) is 32.8 Å². The number of carbonyl (C=O) groups is 1. The number of amides is 1. The summed E-state index contributed by atoms with van der Waals surface area (Å²) >= 11 is 0. The largest absolute Gasteiger partial charge is 0.374 e. The summed E-state index contributed by atoms with van der Waals surface area (Å²) in [4.78, 5) is 13.5. The number of likely N-dealkylation sites (N-methyl/N-ethyl adjacent to an activating group) is 1. The molecule has 2 atom stereocenters. The van der Waals surface area contributed by atoms with Crippen molar-refractivity contribution in [3.63, 3.8) is 0 Å². The Kier molecular flexibility index (Phi) is 5.73. The number of ether oxygens (including phenoxy) is 2. The zero-order valence-corrected chi connectivity index (χ0v) is 10.4. The molecule has 0 radical (unpaired) electrons. The lowest BCUT2D eigenvalue weighted by atomic mass is 10.2. The molecule has 5 heteroatoms. The lowest BCUT2D eigenvalue weighted by Gasteiger charge is -2.17. The van der Waals surface area contributed by atoms with Crippen LogP contribution in [0, 0.1) is 0 Å². The quantitative estimate of drug-likeness (QED) is 0.690. The molecule has 0 saturated carbocycles. The van der Waals surface area contributed by atoms with Gasteiger partial charge in [0.25, 0.3) is 0 Å². The Bertz CT molecular complexity index is 209. The average molecular weight is 230 g/mol. The lowest BCUT2D eigenvalue weighted by molar-refractivity contribution is -0.129. The smallest absolute Gasteiger partial charge is 0.236 e. The Balaban J connectivity index is 2.50. The van der Waals surface area contributed by atoms with Crippen LogP contribution in [0.25, 0.3) is 0 Å². The van der Waals surface area contributed by atoms with Gasteiger partial charge in [0.15, 0.2) is 0 Å². The van der Waals surface area contributed by atoms with Gasteiger partial charge in [0.05, 0.1) is 6.54 Å². The van der Waals surface area contributed by atoms with Crippen LogP contribution in [0.4, 0.5) is 0 Å². The predicted octanol–water partition coefficient (Wildman–Crippen LogP) is -0.142. The predicted molar refractivity (Wildman–Crippen MR) is 61.3 cm³/mol. The van der Waals surface area contributed by atoms with E-state index in [1.54, 1.807) is 11.9 Å². The number of likely N-dealkylation sites (tertiary alicyclic amines) is 1. The number of nitrogens with one attached hydrogen (secondary N) is 1. The van der Waals surface area contributed by atoms with Crippen LogP contribution in [-0.4, -0.2) is 62.9 Å². The van der Waals surface area contributed by atoms with Crippen molar-refractivity contribution in [1.29, 1.82) is 0 Å². The summed E-state index contributed by atoms with van der Waals surface area (Å²) in [5.74, 6) is 0.106. The molecular weight excluding hydrogens is 208 g/mol. The minimum Gasteiger partial charge on any atom is -0.374 e. The highest BCUT2D eigenvalue weighted by atomic mass is 16.5. The first-order valence-corrected chi connectivity index (χ1v) is 5.88. The van der Waals surface area contributed by atoms with Crippen molar-refractivity contribution in [3.8, 4) is 0 Å². The number of carbonyl (C=O) groups excluding carboxylic acids is 1. The SMILES string of the molecule is CCO[C@H]1CN(C(=O)CNC)C[C@@H]1OCC. The van der Waals surface area contributed by atoms with Crippen molar-refractivity contribution in [1.82, 2.24) is 10.2 Å². The van der Waals surface area contributed by atoms with Crippen molar-refractivity contribution in [2.24, 2.45) is 0 Å². The van der Waals surface area contributed by atoms with Crippen LogP contribution in [0.3, 0.4) is 0 Å².